The van der Waals surface area contributed by atoms with Crippen molar-refractivity contribution in [1.82, 2.24) is 9.80 Å². The van der Waals surface area contributed by atoms with Crippen molar-refractivity contribution < 1.29 is 9.53 Å². The molecule has 1 aliphatic rings. The van der Waals surface area contributed by atoms with Crippen LogP contribution in [0.5, 0.6) is 5.75 Å². The monoisotopic (exact) mass is 304 g/mol. The zero-order chi connectivity index (χ0) is 15.8. The van der Waals surface area contributed by atoms with Crippen molar-refractivity contribution >= 4 is 5.91 Å². The Morgan fingerprint density at radius 3 is 2.41 bits per heavy atom. The largest absolute Gasteiger partial charge is 0.492 e. The molecule has 0 N–H and O–H groups in total. The van der Waals surface area contributed by atoms with Crippen LogP contribution in [0.3, 0.4) is 0 Å². The van der Waals surface area contributed by atoms with Crippen LogP contribution in [0.1, 0.15) is 26.7 Å². The first kappa shape index (κ1) is 16.8. The van der Waals surface area contributed by atoms with E-state index in [1.807, 2.05) is 35.2 Å². The van der Waals surface area contributed by atoms with Gasteiger partial charge in [-0.15, -0.1) is 0 Å². The maximum atomic E-state index is 12.3. The number of hydrogen-bond donors (Lipinski definition) is 0. The van der Waals surface area contributed by atoms with E-state index in [1.165, 1.54) is 0 Å². The van der Waals surface area contributed by atoms with E-state index in [0.717, 1.165) is 51.3 Å². The number of likely N-dealkylation sites (tertiary alicyclic amines) is 1. The van der Waals surface area contributed by atoms with Crippen LogP contribution in [0, 0.1) is 5.92 Å². The van der Waals surface area contributed by atoms with Crippen molar-refractivity contribution in [1.29, 1.82) is 0 Å². The lowest BCUT2D eigenvalue weighted by atomic mass is 9.95. The minimum atomic E-state index is 0.214. The lowest BCUT2D eigenvalue weighted by molar-refractivity contribution is -0.136. The second kappa shape index (κ2) is 8.79. The average molecular weight is 304 g/mol. The molecule has 1 aromatic rings. The first-order valence-corrected chi connectivity index (χ1v) is 8.43. The van der Waals surface area contributed by atoms with Gasteiger partial charge in [0.2, 0.25) is 5.91 Å². The van der Waals surface area contributed by atoms with Crippen LogP contribution in [0.4, 0.5) is 0 Å². The average Bonchev–Trinajstić information content (AvgIpc) is 2.57. The highest BCUT2D eigenvalue weighted by Crippen LogP contribution is 2.19. The van der Waals surface area contributed by atoms with E-state index in [4.69, 9.17) is 4.74 Å². The Balaban J connectivity index is 1.68. The van der Waals surface area contributed by atoms with Crippen LogP contribution in [-0.4, -0.2) is 55.0 Å². The molecular weight excluding hydrogens is 276 g/mol. The summed E-state index contributed by atoms with van der Waals surface area (Å²) in [6.45, 7) is 9.38. The molecule has 4 nitrogen and oxygen atoms in total. The van der Waals surface area contributed by atoms with Crippen molar-refractivity contribution in [2.24, 2.45) is 5.92 Å². The molecule has 0 spiro atoms. The Bertz CT molecular complexity index is 438. The van der Waals surface area contributed by atoms with Crippen LogP contribution in [-0.2, 0) is 4.79 Å². The van der Waals surface area contributed by atoms with Gasteiger partial charge in [-0.2, -0.15) is 0 Å². The number of rotatable bonds is 7. The van der Waals surface area contributed by atoms with Gasteiger partial charge < -0.3 is 9.64 Å². The molecule has 1 saturated heterocycles. The van der Waals surface area contributed by atoms with Gasteiger partial charge in [0, 0.05) is 25.6 Å². The van der Waals surface area contributed by atoms with Crippen molar-refractivity contribution in [3.8, 4) is 5.75 Å². The summed E-state index contributed by atoms with van der Waals surface area (Å²) in [7, 11) is 0. The van der Waals surface area contributed by atoms with Gasteiger partial charge in [-0.25, -0.2) is 0 Å². The van der Waals surface area contributed by atoms with Gasteiger partial charge in [-0.05, 0) is 51.9 Å². The molecule has 2 rings (SSSR count). The first-order chi connectivity index (χ1) is 10.7. The summed E-state index contributed by atoms with van der Waals surface area (Å²) in [6, 6.07) is 9.92. The van der Waals surface area contributed by atoms with Crippen molar-refractivity contribution in [3.63, 3.8) is 0 Å². The maximum absolute atomic E-state index is 12.3. The Morgan fingerprint density at radius 2 is 1.82 bits per heavy atom. The second-order valence-electron chi connectivity index (χ2n) is 5.79. The summed E-state index contributed by atoms with van der Waals surface area (Å²) >= 11 is 0. The van der Waals surface area contributed by atoms with Gasteiger partial charge in [0.15, 0.2) is 0 Å². The normalized spacial score (nSPS) is 16.5. The Morgan fingerprint density at radius 1 is 1.18 bits per heavy atom. The van der Waals surface area contributed by atoms with Crippen molar-refractivity contribution in [2.75, 3.05) is 39.3 Å². The number of piperidine rings is 1. The molecule has 0 aliphatic carbocycles. The molecule has 0 unspecified atom stereocenters. The van der Waals surface area contributed by atoms with Gasteiger partial charge >= 0.3 is 0 Å². The molecule has 0 aromatic heterocycles. The van der Waals surface area contributed by atoms with Crippen LogP contribution in [0.2, 0.25) is 0 Å². The molecule has 122 valence electrons. The van der Waals surface area contributed by atoms with Crippen molar-refractivity contribution in [3.05, 3.63) is 30.3 Å². The molecule has 1 aliphatic heterocycles. The zero-order valence-corrected chi connectivity index (χ0v) is 13.8. The topological polar surface area (TPSA) is 32.8 Å². The number of benzene rings is 1. The predicted molar refractivity (Wildman–Crippen MR) is 89.0 cm³/mol. The van der Waals surface area contributed by atoms with Gasteiger partial charge in [0.25, 0.3) is 0 Å². The molecule has 1 heterocycles. The Labute approximate surface area is 134 Å². The molecule has 22 heavy (non-hydrogen) atoms. The standard InChI is InChI=1S/C18H28N2O2/c1-3-20(4-2)18(21)16-10-12-19(13-11-16)14-15-22-17-8-6-5-7-9-17/h5-9,16H,3-4,10-15H2,1-2H3. The fourth-order valence-corrected chi connectivity index (χ4v) is 3.01. The van der Waals surface area contributed by atoms with Crippen molar-refractivity contribution in [2.45, 2.75) is 26.7 Å². The number of para-hydroxylation sites is 1. The lowest BCUT2D eigenvalue weighted by Crippen LogP contribution is -2.43. The lowest BCUT2D eigenvalue weighted by Gasteiger charge is -2.33. The second-order valence-corrected chi connectivity index (χ2v) is 5.79. The van der Waals surface area contributed by atoms with E-state index in [1.54, 1.807) is 0 Å². The summed E-state index contributed by atoms with van der Waals surface area (Å²) in [5.41, 5.74) is 0. The van der Waals surface area contributed by atoms with Crippen LogP contribution >= 0.6 is 0 Å². The smallest absolute Gasteiger partial charge is 0.225 e. The molecule has 0 saturated carbocycles. The molecule has 4 heteroatoms. The quantitative estimate of drug-likeness (QED) is 0.776. The number of amides is 1. The minimum Gasteiger partial charge on any atom is -0.492 e. The van der Waals surface area contributed by atoms with E-state index >= 15 is 0 Å². The van der Waals surface area contributed by atoms with E-state index in [9.17, 15) is 4.79 Å². The molecule has 1 fully saturated rings. The number of carbonyl (C=O) groups is 1. The highest BCUT2D eigenvalue weighted by molar-refractivity contribution is 5.78. The first-order valence-electron chi connectivity index (χ1n) is 8.43. The third kappa shape index (κ3) is 4.73. The highest BCUT2D eigenvalue weighted by atomic mass is 16.5. The van der Waals surface area contributed by atoms with Crippen LogP contribution in [0.15, 0.2) is 30.3 Å². The number of hydrogen-bond acceptors (Lipinski definition) is 3. The Hall–Kier alpha value is -1.55. The van der Waals surface area contributed by atoms with Gasteiger partial charge in [-0.3, -0.25) is 9.69 Å². The van der Waals surface area contributed by atoms with Gasteiger partial charge in [0.1, 0.15) is 12.4 Å². The third-order valence-electron chi connectivity index (χ3n) is 4.43. The molecule has 0 radical (unpaired) electrons. The summed E-state index contributed by atoms with van der Waals surface area (Å²) in [4.78, 5) is 16.7. The molecular formula is C18H28N2O2. The zero-order valence-electron chi connectivity index (χ0n) is 13.8. The minimum absolute atomic E-state index is 0.214. The highest BCUT2D eigenvalue weighted by Gasteiger charge is 2.27. The molecule has 1 aromatic carbocycles. The van der Waals surface area contributed by atoms with E-state index in [-0.39, 0.29) is 5.92 Å². The molecule has 0 bridgehead atoms. The summed E-state index contributed by atoms with van der Waals surface area (Å²) in [5, 5.41) is 0. The Kier molecular flexibility index (Phi) is 6.72. The predicted octanol–water partition coefficient (Wildman–Crippen LogP) is 2.65. The summed E-state index contributed by atoms with van der Waals surface area (Å²) in [5.74, 6) is 1.48. The third-order valence-corrected chi connectivity index (χ3v) is 4.43. The van der Waals surface area contributed by atoms with Gasteiger partial charge in [0.05, 0.1) is 0 Å². The van der Waals surface area contributed by atoms with Gasteiger partial charge in [-0.1, -0.05) is 18.2 Å². The fourth-order valence-electron chi connectivity index (χ4n) is 3.01. The van der Waals surface area contributed by atoms with Crippen LogP contribution < -0.4 is 4.74 Å². The molecule has 0 atom stereocenters. The van der Waals surface area contributed by atoms with Crippen LogP contribution in [0.25, 0.3) is 0 Å². The molecule has 1 amide bonds. The summed E-state index contributed by atoms with van der Waals surface area (Å²) in [6.07, 6.45) is 1.95. The van der Waals surface area contributed by atoms with E-state index in [0.29, 0.717) is 12.5 Å². The van der Waals surface area contributed by atoms with E-state index in [2.05, 4.69) is 18.7 Å². The SMILES string of the molecule is CCN(CC)C(=O)C1CCN(CCOc2ccccc2)CC1. The maximum Gasteiger partial charge on any atom is 0.225 e. The fraction of sp³-hybridized carbons (Fsp3) is 0.611. The van der Waals surface area contributed by atoms with E-state index < -0.39 is 0 Å². The summed E-state index contributed by atoms with van der Waals surface area (Å²) < 4.78 is 5.74. The number of nitrogens with zero attached hydrogens (tertiary/aromatic N) is 2. The number of ether oxygens (including phenoxy) is 1. The number of carbonyl (C=O) groups excluding carboxylic acids is 1.